The number of sulfonamides is 1. The molecule has 1 aromatic rings. The number of alkyl halides is 2. The average molecular weight is 360 g/mol. The molecular weight excluding hydrogens is 338 g/mol. The van der Waals surface area contributed by atoms with Gasteiger partial charge in [-0.25, -0.2) is 17.2 Å². The summed E-state index contributed by atoms with van der Waals surface area (Å²) in [5, 5.41) is 0. The van der Waals surface area contributed by atoms with Crippen molar-refractivity contribution in [2.45, 2.75) is 43.8 Å². The van der Waals surface area contributed by atoms with E-state index in [1.54, 1.807) is 18.5 Å². The fourth-order valence-corrected chi connectivity index (χ4v) is 5.38. The van der Waals surface area contributed by atoms with Gasteiger partial charge >= 0.3 is 0 Å². The largest absolute Gasteiger partial charge is 0.372 e. The van der Waals surface area contributed by atoms with Gasteiger partial charge in [-0.2, -0.15) is 4.31 Å². The summed E-state index contributed by atoms with van der Waals surface area (Å²) in [6, 6.07) is 3.21. The molecule has 5 nitrogen and oxygen atoms in total. The number of hydrogen-bond acceptors (Lipinski definition) is 4. The van der Waals surface area contributed by atoms with Gasteiger partial charge in [-0.05, 0) is 25.3 Å². The van der Waals surface area contributed by atoms with E-state index in [0.29, 0.717) is 19.4 Å². The van der Waals surface area contributed by atoms with Gasteiger partial charge in [0, 0.05) is 44.0 Å². The lowest BCUT2D eigenvalue weighted by Crippen LogP contribution is -2.43. The van der Waals surface area contributed by atoms with E-state index in [2.05, 4.69) is 4.98 Å². The molecular formula is C16H22F2N2O3S. The van der Waals surface area contributed by atoms with Gasteiger partial charge in [-0.15, -0.1) is 0 Å². The van der Waals surface area contributed by atoms with E-state index in [-0.39, 0.29) is 12.8 Å². The highest BCUT2D eigenvalue weighted by atomic mass is 32.2. The van der Waals surface area contributed by atoms with Crippen LogP contribution in [0.5, 0.6) is 0 Å². The van der Waals surface area contributed by atoms with Crippen molar-refractivity contribution < 1.29 is 21.9 Å². The molecule has 1 aliphatic carbocycles. The maximum atomic E-state index is 13.8. The van der Waals surface area contributed by atoms with Gasteiger partial charge in [-0.1, -0.05) is 6.07 Å². The van der Waals surface area contributed by atoms with Crippen molar-refractivity contribution in [3.63, 3.8) is 0 Å². The lowest BCUT2D eigenvalue weighted by molar-refractivity contribution is -0.0291. The first kappa shape index (κ1) is 17.7. The second-order valence-corrected chi connectivity index (χ2v) is 8.65. The third-order valence-corrected chi connectivity index (χ3v) is 7.02. The van der Waals surface area contributed by atoms with Crippen LogP contribution in [-0.4, -0.2) is 49.1 Å². The van der Waals surface area contributed by atoms with Gasteiger partial charge in [-0.3, -0.25) is 4.98 Å². The van der Waals surface area contributed by atoms with Gasteiger partial charge in [0.1, 0.15) is 6.10 Å². The Morgan fingerprint density at radius 1 is 1.42 bits per heavy atom. The second-order valence-electron chi connectivity index (χ2n) is 6.58. The molecule has 24 heavy (non-hydrogen) atoms. The summed E-state index contributed by atoms with van der Waals surface area (Å²) < 4.78 is 59.8. The van der Waals surface area contributed by atoms with E-state index in [1.165, 1.54) is 11.4 Å². The molecule has 1 saturated heterocycles. The SMILES string of the molecule is CN([C@H]1CCO[C@@H]1c1cccnc1)S(=O)(=O)CC1CCCC1(F)F. The van der Waals surface area contributed by atoms with Crippen LogP contribution in [0.15, 0.2) is 24.5 Å². The second kappa shape index (κ2) is 6.65. The number of hydrogen-bond donors (Lipinski definition) is 0. The zero-order chi connectivity index (χ0) is 17.4. The van der Waals surface area contributed by atoms with Crippen LogP contribution in [0.3, 0.4) is 0 Å². The molecule has 0 N–H and O–H groups in total. The highest BCUT2D eigenvalue weighted by Gasteiger charge is 2.47. The Balaban J connectivity index is 1.76. The first-order valence-corrected chi connectivity index (χ1v) is 9.77. The van der Waals surface area contributed by atoms with E-state index in [4.69, 9.17) is 4.74 Å². The zero-order valence-electron chi connectivity index (χ0n) is 13.6. The summed E-state index contributed by atoms with van der Waals surface area (Å²) in [5.74, 6) is -4.49. The molecule has 3 atom stereocenters. The summed E-state index contributed by atoms with van der Waals surface area (Å²) in [6.07, 6.45) is 3.82. The number of likely N-dealkylation sites (N-methyl/N-ethyl adjacent to an activating group) is 1. The number of halogens is 2. The number of ether oxygens (including phenoxy) is 1. The average Bonchev–Trinajstić information content (AvgIpc) is 3.14. The first-order chi connectivity index (χ1) is 11.3. The maximum Gasteiger partial charge on any atom is 0.251 e. The van der Waals surface area contributed by atoms with Gasteiger partial charge < -0.3 is 4.74 Å². The van der Waals surface area contributed by atoms with Gasteiger partial charge in [0.15, 0.2) is 0 Å². The molecule has 1 aromatic heterocycles. The standard InChI is InChI=1S/C16H22F2N2O3S/c1-20(24(21,22)11-13-5-2-7-16(13,17)18)14-6-9-23-15(14)12-4-3-8-19-10-12/h3-4,8,10,13-15H,2,5-7,9,11H2,1H3/t13?,14-,15+/m0/s1. The van der Waals surface area contributed by atoms with Crippen LogP contribution in [-0.2, 0) is 14.8 Å². The molecule has 1 aliphatic heterocycles. The third-order valence-electron chi connectivity index (χ3n) is 5.05. The van der Waals surface area contributed by atoms with Gasteiger partial charge in [0.2, 0.25) is 10.0 Å². The van der Waals surface area contributed by atoms with Gasteiger partial charge in [0.05, 0.1) is 11.8 Å². The van der Waals surface area contributed by atoms with Crippen LogP contribution in [0.1, 0.15) is 37.4 Å². The van der Waals surface area contributed by atoms with Crippen molar-refractivity contribution in [2.24, 2.45) is 5.92 Å². The molecule has 0 amide bonds. The summed E-state index contributed by atoms with van der Waals surface area (Å²) in [7, 11) is -2.32. The predicted molar refractivity (Wildman–Crippen MR) is 85.2 cm³/mol. The van der Waals surface area contributed by atoms with E-state index < -0.39 is 39.8 Å². The number of nitrogens with zero attached hydrogens (tertiary/aromatic N) is 2. The van der Waals surface area contributed by atoms with Crippen LogP contribution >= 0.6 is 0 Å². The van der Waals surface area contributed by atoms with Crippen LogP contribution in [0.4, 0.5) is 8.78 Å². The quantitative estimate of drug-likeness (QED) is 0.810. The normalized spacial score (nSPS) is 30.1. The lowest BCUT2D eigenvalue weighted by atomic mass is 10.0. The molecule has 1 saturated carbocycles. The van der Waals surface area contributed by atoms with Crippen LogP contribution in [0.2, 0.25) is 0 Å². The molecule has 1 unspecified atom stereocenters. The van der Waals surface area contributed by atoms with E-state index >= 15 is 0 Å². The third kappa shape index (κ3) is 3.45. The molecule has 2 fully saturated rings. The van der Waals surface area contributed by atoms with Crippen molar-refractivity contribution in [2.75, 3.05) is 19.4 Å². The Kier molecular flexibility index (Phi) is 4.90. The summed E-state index contributed by atoms with van der Waals surface area (Å²) in [4.78, 5) is 4.04. The van der Waals surface area contributed by atoms with Crippen molar-refractivity contribution >= 4 is 10.0 Å². The van der Waals surface area contributed by atoms with Crippen LogP contribution in [0.25, 0.3) is 0 Å². The summed E-state index contributed by atoms with van der Waals surface area (Å²) >= 11 is 0. The molecule has 8 heteroatoms. The number of pyridine rings is 1. The Morgan fingerprint density at radius 3 is 2.83 bits per heavy atom. The molecule has 3 rings (SSSR count). The summed E-state index contributed by atoms with van der Waals surface area (Å²) in [6.45, 7) is 0.434. The lowest BCUT2D eigenvalue weighted by Gasteiger charge is -2.29. The highest BCUT2D eigenvalue weighted by molar-refractivity contribution is 7.89. The predicted octanol–water partition coefficient (Wildman–Crippen LogP) is 2.61. The monoisotopic (exact) mass is 360 g/mol. The number of rotatable bonds is 5. The minimum absolute atomic E-state index is 0.220. The first-order valence-electron chi connectivity index (χ1n) is 8.16. The Bertz CT molecular complexity index is 669. The van der Waals surface area contributed by atoms with Crippen LogP contribution in [0, 0.1) is 5.92 Å². The smallest absolute Gasteiger partial charge is 0.251 e. The Labute approximate surface area is 141 Å². The Hall–Kier alpha value is -1.12. The highest BCUT2D eigenvalue weighted by Crippen LogP contribution is 2.42. The fraction of sp³-hybridized carbons (Fsp3) is 0.688. The van der Waals surface area contributed by atoms with E-state index in [9.17, 15) is 17.2 Å². The van der Waals surface area contributed by atoms with Crippen LogP contribution < -0.4 is 0 Å². The molecule has 2 heterocycles. The fourth-order valence-electron chi connectivity index (χ4n) is 3.60. The maximum absolute atomic E-state index is 13.8. The number of aromatic nitrogens is 1. The molecule has 0 bridgehead atoms. The molecule has 0 spiro atoms. The topological polar surface area (TPSA) is 59.5 Å². The minimum atomic E-state index is -3.79. The Morgan fingerprint density at radius 2 is 2.21 bits per heavy atom. The van der Waals surface area contributed by atoms with Crippen molar-refractivity contribution in [1.29, 1.82) is 0 Å². The minimum Gasteiger partial charge on any atom is -0.372 e. The van der Waals surface area contributed by atoms with Crippen molar-refractivity contribution in [3.8, 4) is 0 Å². The van der Waals surface area contributed by atoms with Crippen molar-refractivity contribution in [1.82, 2.24) is 9.29 Å². The van der Waals surface area contributed by atoms with E-state index in [1.807, 2.05) is 6.07 Å². The van der Waals surface area contributed by atoms with Crippen molar-refractivity contribution in [3.05, 3.63) is 30.1 Å². The van der Waals surface area contributed by atoms with E-state index in [0.717, 1.165) is 5.56 Å². The molecule has 0 aromatic carbocycles. The molecule has 0 radical (unpaired) electrons. The molecule has 134 valence electrons. The summed E-state index contributed by atoms with van der Waals surface area (Å²) in [5.41, 5.74) is 0.799. The van der Waals surface area contributed by atoms with Gasteiger partial charge in [0.25, 0.3) is 5.92 Å². The molecule has 2 aliphatic rings. The zero-order valence-corrected chi connectivity index (χ0v) is 14.4.